The summed E-state index contributed by atoms with van der Waals surface area (Å²) in [4.78, 5) is 22.5. The van der Waals surface area contributed by atoms with E-state index in [4.69, 9.17) is 0 Å². The van der Waals surface area contributed by atoms with Gasteiger partial charge in [0.05, 0.1) is 11.6 Å². The van der Waals surface area contributed by atoms with Gasteiger partial charge in [0, 0.05) is 36.8 Å². The Morgan fingerprint density at radius 1 is 1.29 bits per heavy atom. The number of hydrogen-bond acceptors (Lipinski definition) is 4. The normalized spacial score (nSPS) is 12.8. The molecule has 31 heavy (non-hydrogen) atoms. The highest BCUT2D eigenvalue weighted by molar-refractivity contribution is 5.90. The van der Waals surface area contributed by atoms with Gasteiger partial charge >= 0.3 is 6.18 Å². The smallest absolute Gasteiger partial charge is 0.333 e. The molecular formula is C22H22F3N5O. The predicted molar refractivity (Wildman–Crippen MR) is 111 cm³/mol. The van der Waals surface area contributed by atoms with E-state index in [2.05, 4.69) is 15.1 Å². The maximum absolute atomic E-state index is 13.1. The van der Waals surface area contributed by atoms with Crippen molar-refractivity contribution in [2.75, 3.05) is 6.54 Å². The van der Waals surface area contributed by atoms with Crippen LogP contribution in [0, 0.1) is 6.92 Å². The number of rotatable bonds is 6. The minimum Gasteiger partial charge on any atom is -0.333 e. The predicted octanol–water partition coefficient (Wildman–Crippen LogP) is 4.75. The molecular weight excluding hydrogens is 407 g/mol. The van der Waals surface area contributed by atoms with E-state index in [9.17, 15) is 18.0 Å². The molecule has 0 spiro atoms. The number of carbonyl (C=O) groups is 1. The fraction of sp³-hybridized carbons (Fsp3) is 0.273. The number of carbonyl (C=O) groups excluding carboxylic acids is 1. The molecule has 0 saturated carbocycles. The first kappa shape index (κ1) is 22.2. The number of aromatic nitrogens is 4. The van der Waals surface area contributed by atoms with Crippen LogP contribution in [0.15, 0.2) is 55.1 Å². The van der Waals surface area contributed by atoms with Gasteiger partial charge in [-0.25, -0.2) is 9.67 Å². The van der Waals surface area contributed by atoms with Gasteiger partial charge in [-0.05, 0) is 56.2 Å². The molecule has 0 aliphatic heterocycles. The third-order valence-electron chi connectivity index (χ3n) is 4.80. The molecule has 1 unspecified atom stereocenters. The van der Waals surface area contributed by atoms with Crippen LogP contribution < -0.4 is 0 Å². The lowest BCUT2D eigenvalue weighted by molar-refractivity contribution is -0.137. The summed E-state index contributed by atoms with van der Waals surface area (Å²) in [5, 5.41) is 4.18. The van der Waals surface area contributed by atoms with Gasteiger partial charge in [-0.3, -0.25) is 9.78 Å². The zero-order valence-electron chi connectivity index (χ0n) is 17.3. The molecule has 0 fully saturated rings. The Labute approximate surface area is 178 Å². The molecule has 2 aromatic heterocycles. The van der Waals surface area contributed by atoms with Crippen LogP contribution in [0.1, 0.15) is 36.6 Å². The molecule has 3 aromatic rings. The van der Waals surface area contributed by atoms with E-state index < -0.39 is 11.7 Å². The van der Waals surface area contributed by atoms with Gasteiger partial charge < -0.3 is 4.90 Å². The van der Waals surface area contributed by atoms with E-state index in [-0.39, 0.29) is 23.3 Å². The number of nitrogens with zero attached hydrogens (tertiary/aromatic N) is 5. The Bertz CT molecular complexity index is 1080. The zero-order chi connectivity index (χ0) is 22.6. The van der Waals surface area contributed by atoms with Crippen LogP contribution in [0.3, 0.4) is 0 Å². The van der Waals surface area contributed by atoms with Crippen molar-refractivity contribution in [2.24, 2.45) is 0 Å². The van der Waals surface area contributed by atoms with E-state index in [0.717, 1.165) is 17.7 Å². The van der Waals surface area contributed by atoms with Crippen LogP contribution >= 0.6 is 0 Å². The number of pyridine rings is 1. The molecule has 0 radical (unpaired) electrons. The average Bonchev–Trinajstić information content (AvgIpc) is 3.21. The molecule has 3 rings (SSSR count). The van der Waals surface area contributed by atoms with Crippen LogP contribution in [0.2, 0.25) is 0 Å². The zero-order valence-corrected chi connectivity index (χ0v) is 17.3. The largest absolute Gasteiger partial charge is 0.416 e. The van der Waals surface area contributed by atoms with Gasteiger partial charge in [-0.15, -0.1) is 5.10 Å². The Balaban J connectivity index is 1.77. The Hall–Kier alpha value is -3.49. The quantitative estimate of drug-likeness (QED) is 0.531. The van der Waals surface area contributed by atoms with Crippen molar-refractivity contribution in [3.05, 3.63) is 71.8 Å². The standard InChI is InChI=1S/C22H22F3N5O/c1-4-30(16(3)17-6-5-8-26-13-17)20(31)7-9-29-14-27-21(28-29)18-10-15(2)11-19(12-18)22(23,24)25/h5-14,16H,4H2,1-3H3/b9-7-. The summed E-state index contributed by atoms with van der Waals surface area (Å²) in [6.07, 6.45) is 3.05. The number of amides is 1. The van der Waals surface area contributed by atoms with E-state index >= 15 is 0 Å². The molecule has 9 heteroatoms. The van der Waals surface area contributed by atoms with Crippen LogP contribution in [0.5, 0.6) is 0 Å². The van der Waals surface area contributed by atoms with E-state index in [1.54, 1.807) is 30.3 Å². The molecule has 2 heterocycles. The third kappa shape index (κ3) is 5.36. The van der Waals surface area contributed by atoms with Crippen molar-refractivity contribution in [3.63, 3.8) is 0 Å². The monoisotopic (exact) mass is 429 g/mol. The molecule has 1 aromatic carbocycles. The number of likely N-dealkylation sites (N-methyl/N-ethyl adjacent to an activating group) is 1. The molecule has 0 aliphatic carbocycles. The minimum atomic E-state index is -4.45. The lowest BCUT2D eigenvalue weighted by Gasteiger charge is -2.27. The average molecular weight is 429 g/mol. The minimum absolute atomic E-state index is 0.141. The van der Waals surface area contributed by atoms with Crippen molar-refractivity contribution < 1.29 is 18.0 Å². The van der Waals surface area contributed by atoms with E-state index in [0.29, 0.717) is 12.1 Å². The summed E-state index contributed by atoms with van der Waals surface area (Å²) in [5.41, 5.74) is 0.864. The highest BCUT2D eigenvalue weighted by Crippen LogP contribution is 2.32. The van der Waals surface area contributed by atoms with Gasteiger partial charge in [0.1, 0.15) is 6.33 Å². The van der Waals surface area contributed by atoms with E-state index in [1.807, 2.05) is 26.0 Å². The number of benzene rings is 1. The molecule has 6 nitrogen and oxygen atoms in total. The summed E-state index contributed by atoms with van der Waals surface area (Å²) in [7, 11) is 0. The molecule has 1 atom stereocenters. The molecule has 162 valence electrons. The second-order valence-electron chi connectivity index (χ2n) is 7.04. The van der Waals surface area contributed by atoms with Crippen molar-refractivity contribution in [3.8, 4) is 11.4 Å². The number of alkyl halides is 3. The second-order valence-corrected chi connectivity index (χ2v) is 7.04. The van der Waals surface area contributed by atoms with Crippen molar-refractivity contribution in [2.45, 2.75) is 33.0 Å². The van der Waals surface area contributed by atoms with Gasteiger partial charge in [-0.2, -0.15) is 13.2 Å². The Morgan fingerprint density at radius 3 is 2.71 bits per heavy atom. The summed E-state index contributed by atoms with van der Waals surface area (Å²) in [6.45, 7) is 5.86. The van der Waals surface area contributed by atoms with Crippen LogP contribution in [0.4, 0.5) is 13.2 Å². The maximum atomic E-state index is 13.1. The molecule has 0 saturated heterocycles. The second kappa shape index (κ2) is 9.11. The first-order valence-corrected chi connectivity index (χ1v) is 9.68. The van der Waals surface area contributed by atoms with Crippen LogP contribution in [-0.4, -0.2) is 37.1 Å². The SMILES string of the molecule is CCN(C(=O)/C=C\n1cnc(-c2cc(C)cc(C(F)(F)F)c2)n1)C(C)c1cccnc1. The maximum Gasteiger partial charge on any atom is 0.416 e. The summed E-state index contributed by atoms with van der Waals surface area (Å²) >= 11 is 0. The van der Waals surface area contributed by atoms with Gasteiger partial charge in [0.2, 0.25) is 5.91 Å². The highest BCUT2D eigenvalue weighted by Gasteiger charge is 2.31. The molecule has 0 aliphatic rings. The van der Waals surface area contributed by atoms with Gasteiger partial charge in [0.25, 0.3) is 0 Å². The lowest BCUT2D eigenvalue weighted by Crippen LogP contribution is -2.32. The third-order valence-corrected chi connectivity index (χ3v) is 4.80. The number of halogens is 3. The topological polar surface area (TPSA) is 63.9 Å². The Kier molecular flexibility index (Phi) is 6.53. The summed E-state index contributed by atoms with van der Waals surface area (Å²) < 4.78 is 40.5. The van der Waals surface area contributed by atoms with Crippen LogP contribution in [0.25, 0.3) is 17.6 Å². The fourth-order valence-corrected chi connectivity index (χ4v) is 3.21. The van der Waals surface area contributed by atoms with Crippen molar-refractivity contribution in [1.29, 1.82) is 0 Å². The Morgan fingerprint density at radius 2 is 2.06 bits per heavy atom. The number of hydrogen-bond donors (Lipinski definition) is 0. The molecule has 1 amide bonds. The van der Waals surface area contributed by atoms with Gasteiger partial charge in [-0.1, -0.05) is 6.07 Å². The number of aryl methyl sites for hydroxylation is 1. The molecule has 0 bridgehead atoms. The van der Waals surface area contributed by atoms with Crippen LogP contribution in [-0.2, 0) is 11.0 Å². The van der Waals surface area contributed by atoms with Crippen molar-refractivity contribution >= 4 is 12.1 Å². The summed E-state index contributed by atoms with van der Waals surface area (Å²) in [6, 6.07) is 7.20. The summed E-state index contributed by atoms with van der Waals surface area (Å²) in [5.74, 6) is -0.0896. The molecule has 0 N–H and O–H groups in total. The van der Waals surface area contributed by atoms with Gasteiger partial charge in [0.15, 0.2) is 5.82 Å². The fourth-order valence-electron chi connectivity index (χ4n) is 3.21. The first-order chi connectivity index (χ1) is 14.7. The van der Waals surface area contributed by atoms with Crippen molar-refractivity contribution in [1.82, 2.24) is 24.6 Å². The van der Waals surface area contributed by atoms with E-state index in [1.165, 1.54) is 23.3 Å². The lowest BCUT2D eigenvalue weighted by atomic mass is 10.1. The highest BCUT2D eigenvalue weighted by atomic mass is 19.4. The first-order valence-electron chi connectivity index (χ1n) is 9.68.